The molecule has 0 aliphatic rings. The van der Waals surface area contributed by atoms with Crippen LogP contribution in [0.5, 0.6) is 11.5 Å². The Morgan fingerprint density at radius 2 is 1.95 bits per heavy atom. The van der Waals surface area contributed by atoms with E-state index in [0.29, 0.717) is 5.56 Å². The Balaban J connectivity index is 1.93. The molecular formula is C12H11F3N2O4. The van der Waals surface area contributed by atoms with Gasteiger partial charge in [-0.1, -0.05) is 5.16 Å². The van der Waals surface area contributed by atoms with Crippen LogP contribution < -0.4 is 0 Å². The second-order valence-electron chi connectivity index (χ2n) is 4.14. The molecule has 0 radical (unpaired) electrons. The first-order valence-electron chi connectivity index (χ1n) is 5.84. The molecule has 0 aliphatic carbocycles. The Hall–Kier alpha value is -2.29. The molecule has 0 bridgehead atoms. The summed E-state index contributed by atoms with van der Waals surface area (Å²) in [6.45, 7) is -1.52. The van der Waals surface area contributed by atoms with E-state index < -0.39 is 12.8 Å². The number of aromatic hydroxyl groups is 2. The van der Waals surface area contributed by atoms with Gasteiger partial charge in [0.25, 0.3) is 5.89 Å². The Labute approximate surface area is 116 Å². The molecule has 6 nitrogen and oxygen atoms in total. The molecule has 0 saturated carbocycles. The minimum Gasteiger partial charge on any atom is -0.504 e. The minimum absolute atomic E-state index is 0.0592. The van der Waals surface area contributed by atoms with Crippen molar-refractivity contribution < 1.29 is 32.6 Å². The molecule has 0 atom stereocenters. The maximum Gasteiger partial charge on any atom is 0.411 e. The van der Waals surface area contributed by atoms with Crippen LogP contribution in [-0.2, 0) is 11.2 Å². The van der Waals surface area contributed by atoms with Crippen molar-refractivity contribution in [2.75, 3.05) is 13.2 Å². The van der Waals surface area contributed by atoms with E-state index in [-0.39, 0.29) is 36.2 Å². The molecule has 21 heavy (non-hydrogen) atoms. The van der Waals surface area contributed by atoms with E-state index in [4.69, 9.17) is 4.52 Å². The summed E-state index contributed by atoms with van der Waals surface area (Å²) in [5, 5.41) is 22.1. The molecule has 0 amide bonds. The summed E-state index contributed by atoms with van der Waals surface area (Å²) in [5.41, 5.74) is 0.375. The van der Waals surface area contributed by atoms with E-state index >= 15 is 0 Å². The molecule has 0 unspecified atom stereocenters. The number of phenolic OH excluding ortho intramolecular Hbond substituents is 2. The summed E-state index contributed by atoms with van der Waals surface area (Å²) < 4.78 is 44.9. The second kappa shape index (κ2) is 6.00. The van der Waals surface area contributed by atoms with Crippen molar-refractivity contribution in [3.8, 4) is 23.0 Å². The van der Waals surface area contributed by atoms with Gasteiger partial charge in [0.1, 0.15) is 6.61 Å². The second-order valence-corrected chi connectivity index (χ2v) is 4.14. The average Bonchev–Trinajstić information content (AvgIpc) is 2.86. The topological polar surface area (TPSA) is 88.6 Å². The van der Waals surface area contributed by atoms with E-state index in [9.17, 15) is 23.4 Å². The Morgan fingerprint density at radius 1 is 1.19 bits per heavy atom. The van der Waals surface area contributed by atoms with Crippen LogP contribution in [0.15, 0.2) is 22.7 Å². The highest BCUT2D eigenvalue weighted by Crippen LogP contribution is 2.29. The lowest BCUT2D eigenvalue weighted by atomic mass is 10.2. The standard InChI is InChI=1S/C12H11F3N2O4/c13-12(14,15)6-20-4-3-10-16-11(21-17-10)7-1-2-8(18)9(19)5-7/h1-2,5,18-19H,3-4,6H2. The fourth-order valence-corrected chi connectivity index (χ4v) is 1.48. The van der Waals surface area contributed by atoms with Crippen LogP contribution in [0.1, 0.15) is 5.82 Å². The minimum atomic E-state index is -4.37. The number of benzene rings is 1. The predicted molar refractivity (Wildman–Crippen MR) is 63.6 cm³/mol. The molecule has 0 aliphatic heterocycles. The van der Waals surface area contributed by atoms with E-state index in [0.717, 1.165) is 0 Å². The maximum atomic E-state index is 11.9. The summed E-state index contributed by atoms with van der Waals surface area (Å²) in [6, 6.07) is 3.93. The molecule has 2 aromatic rings. The third-order valence-electron chi connectivity index (χ3n) is 2.43. The fourth-order valence-electron chi connectivity index (χ4n) is 1.48. The van der Waals surface area contributed by atoms with Crippen LogP contribution in [0.3, 0.4) is 0 Å². The van der Waals surface area contributed by atoms with Crippen molar-refractivity contribution >= 4 is 0 Å². The number of ether oxygens (including phenoxy) is 1. The summed E-state index contributed by atoms with van der Waals surface area (Å²) in [6.07, 6.45) is -4.31. The van der Waals surface area contributed by atoms with Crippen LogP contribution in [0.25, 0.3) is 11.5 Å². The van der Waals surface area contributed by atoms with Crippen molar-refractivity contribution in [1.29, 1.82) is 0 Å². The van der Waals surface area contributed by atoms with Crippen LogP contribution in [0.2, 0.25) is 0 Å². The number of hydrogen-bond donors (Lipinski definition) is 2. The summed E-state index contributed by atoms with van der Waals surface area (Å²) in [5.74, 6) is -0.379. The third kappa shape index (κ3) is 4.35. The summed E-state index contributed by atoms with van der Waals surface area (Å²) >= 11 is 0. The lowest BCUT2D eigenvalue weighted by Gasteiger charge is -2.05. The molecule has 0 saturated heterocycles. The summed E-state index contributed by atoms with van der Waals surface area (Å²) in [7, 11) is 0. The Morgan fingerprint density at radius 3 is 2.62 bits per heavy atom. The van der Waals surface area contributed by atoms with Crippen LogP contribution >= 0.6 is 0 Å². The van der Waals surface area contributed by atoms with Crippen molar-refractivity contribution in [3.63, 3.8) is 0 Å². The zero-order valence-electron chi connectivity index (χ0n) is 10.6. The maximum absolute atomic E-state index is 11.9. The van der Waals surface area contributed by atoms with Crippen LogP contribution in [0.4, 0.5) is 13.2 Å². The number of phenols is 2. The molecule has 2 rings (SSSR count). The van der Waals surface area contributed by atoms with Gasteiger partial charge in [-0.2, -0.15) is 18.2 Å². The lowest BCUT2D eigenvalue weighted by Crippen LogP contribution is -2.18. The van der Waals surface area contributed by atoms with Gasteiger partial charge in [-0.05, 0) is 18.2 Å². The highest BCUT2D eigenvalue weighted by molar-refractivity contribution is 5.58. The first kappa shape index (κ1) is 15.1. The molecule has 0 spiro atoms. The molecule has 9 heteroatoms. The van der Waals surface area contributed by atoms with Crippen LogP contribution in [-0.4, -0.2) is 39.7 Å². The Bertz CT molecular complexity index is 613. The SMILES string of the molecule is Oc1ccc(-c2nc(CCOCC(F)(F)F)no2)cc1O. The van der Waals surface area contributed by atoms with Gasteiger partial charge in [0.2, 0.25) is 0 Å². The quantitative estimate of drug-likeness (QED) is 0.650. The number of aromatic nitrogens is 2. The van der Waals surface area contributed by atoms with Crippen molar-refractivity contribution in [2.24, 2.45) is 0 Å². The molecule has 1 aromatic carbocycles. The summed E-state index contributed by atoms with van der Waals surface area (Å²) in [4.78, 5) is 3.95. The van der Waals surface area contributed by atoms with Gasteiger partial charge in [0.05, 0.1) is 6.61 Å². The van der Waals surface area contributed by atoms with Gasteiger partial charge < -0.3 is 19.5 Å². The number of alkyl halides is 3. The van der Waals surface area contributed by atoms with Crippen molar-refractivity contribution in [3.05, 3.63) is 24.0 Å². The first-order chi connectivity index (χ1) is 9.85. The monoisotopic (exact) mass is 304 g/mol. The number of nitrogens with zero attached hydrogens (tertiary/aromatic N) is 2. The van der Waals surface area contributed by atoms with Crippen LogP contribution in [0, 0.1) is 0 Å². The van der Waals surface area contributed by atoms with Gasteiger partial charge in [-0.3, -0.25) is 0 Å². The predicted octanol–water partition coefficient (Wildman–Crippen LogP) is 2.27. The normalized spacial score (nSPS) is 11.8. The number of rotatable bonds is 5. The van der Waals surface area contributed by atoms with E-state index in [1.165, 1.54) is 18.2 Å². The zero-order chi connectivity index (χ0) is 15.5. The van der Waals surface area contributed by atoms with Gasteiger partial charge in [-0.15, -0.1) is 0 Å². The van der Waals surface area contributed by atoms with Gasteiger partial charge >= 0.3 is 6.18 Å². The number of halogens is 3. The highest BCUT2D eigenvalue weighted by atomic mass is 19.4. The largest absolute Gasteiger partial charge is 0.504 e. The van der Waals surface area contributed by atoms with Crippen molar-refractivity contribution in [1.82, 2.24) is 10.1 Å². The molecular weight excluding hydrogens is 293 g/mol. The molecule has 2 N–H and O–H groups in total. The van der Waals surface area contributed by atoms with E-state index in [1.807, 2.05) is 0 Å². The van der Waals surface area contributed by atoms with Gasteiger partial charge in [-0.25, -0.2) is 0 Å². The lowest BCUT2D eigenvalue weighted by molar-refractivity contribution is -0.173. The first-order valence-corrected chi connectivity index (χ1v) is 5.84. The smallest absolute Gasteiger partial charge is 0.411 e. The Kier molecular flexibility index (Phi) is 4.32. The average molecular weight is 304 g/mol. The highest BCUT2D eigenvalue weighted by Gasteiger charge is 2.27. The van der Waals surface area contributed by atoms with E-state index in [2.05, 4.69) is 14.9 Å². The van der Waals surface area contributed by atoms with Gasteiger partial charge in [0.15, 0.2) is 17.3 Å². The third-order valence-corrected chi connectivity index (χ3v) is 2.43. The van der Waals surface area contributed by atoms with Crippen molar-refractivity contribution in [2.45, 2.75) is 12.6 Å². The van der Waals surface area contributed by atoms with E-state index in [1.54, 1.807) is 0 Å². The molecule has 114 valence electrons. The zero-order valence-corrected chi connectivity index (χ0v) is 10.6. The van der Waals surface area contributed by atoms with Gasteiger partial charge in [0, 0.05) is 12.0 Å². The fraction of sp³-hybridized carbons (Fsp3) is 0.333. The number of hydrogen-bond acceptors (Lipinski definition) is 6. The molecule has 0 fully saturated rings. The molecule has 1 aromatic heterocycles. The molecule has 1 heterocycles.